The molecule has 0 spiro atoms. The van der Waals surface area contributed by atoms with Crippen molar-refractivity contribution in [2.75, 3.05) is 0 Å². The van der Waals surface area contributed by atoms with E-state index >= 15 is 0 Å². The van der Waals surface area contributed by atoms with Crippen molar-refractivity contribution in [2.45, 2.75) is 45.4 Å². The van der Waals surface area contributed by atoms with Crippen molar-refractivity contribution in [2.24, 2.45) is 5.92 Å². The van der Waals surface area contributed by atoms with Crippen molar-refractivity contribution in [3.63, 3.8) is 0 Å². The Labute approximate surface area is 136 Å². The molecule has 1 aliphatic carbocycles. The summed E-state index contributed by atoms with van der Waals surface area (Å²) in [4.78, 5) is 0. The summed E-state index contributed by atoms with van der Waals surface area (Å²) in [6.45, 7) is 6.90. The lowest BCUT2D eigenvalue weighted by molar-refractivity contribution is 0.348. The summed E-state index contributed by atoms with van der Waals surface area (Å²) in [5.74, 6) is -2.50. The van der Waals surface area contributed by atoms with Crippen molar-refractivity contribution in [3.8, 4) is 0 Å². The molecule has 0 atom stereocenters. The molecule has 0 heterocycles. The molecule has 0 unspecified atom stereocenters. The van der Waals surface area contributed by atoms with E-state index in [1.807, 2.05) is 24.3 Å². The monoisotopic (exact) mass is 320 g/mol. The zero-order chi connectivity index (χ0) is 17.0. The second-order valence-corrected chi connectivity index (χ2v) is 6.44. The second kappa shape index (κ2) is 7.67. The van der Waals surface area contributed by atoms with Gasteiger partial charge in [-0.1, -0.05) is 50.6 Å². The van der Waals surface area contributed by atoms with E-state index in [0.717, 1.165) is 18.9 Å². The van der Waals surface area contributed by atoms with Gasteiger partial charge in [0, 0.05) is 0 Å². The van der Waals surface area contributed by atoms with E-state index in [2.05, 4.69) is 13.5 Å². The SMILES string of the molecule is C=C(/C=C(F)\C(F)=C(/C)F)c1ccc(C2CCC(C)CC2)cc1. The van der Waals surface area contributed by atoms with Crippen LogP contribution >= 0.6 is 0 Å². The molecule has 124 valence electrons. The van der Waals surface area contributed by atoms with Crippen LogP contribution in [0, 0.1) is 5.92 Å². The average molecular weight is 320 g/mol. The van der Waals surface area contributed by atoms with Crippen LogP contribution < -0.4 is 0 Å². The highest BCUT2D eigenvalue weighted by atomic mass is 19.2. The molecule has 1 saturated carbocycles. The topological polar surface area (TPSA) is 0 Å². The first kappa shape index (κ1) is 17.6. The second-order valence-electron chi connectivity index (χ2n) is 6.44. The van der Waals surface area contributed by atoms with Gasteiger partial charge in [-0.15, -0.1) is 0 Å². The summed E-state index contributed by atoms with van der Waals surface area (Å²) in [5.41, 5.74) is 2.31. The smallest absolute Gasteiger partial charge is 0.189 e. The first-order valence-corrected chi connectivity index (χ1v) is 8.07. The Morgan fingerprint density at radius 1 is 1.04 bits per heavy atom. The minimum absolute atomic E-state index is 0.322. The highest BCUT2D eigenvalue weighted by molar-refractivity contribution is 5.73. The van der Waals surface area contributed by atoms with Crippen LogP contribution in [-0.2, 0) is 0 Å². The normalized spacial score (nSPS) is 23.4. The predicted octanol–water partition coefficient (Wildman–Crippen LogP) is 7.02. The fraction of sp³-hybridized carbons (Fsp3) is 0.400. The van der Waals surface area contributed by atoms with E-state index < -0.39 is 17.5 Å². The number of hydrogen-bond donors (Lipinski definition) is 0. The Kier molecular flexibility index (Phi) is 5.86. The quantitative estimate of drug-likeness (QED) is 0.523. The van der Waals surface area contributed by atoms with Gasteiger partial charge in [0.1, 0.15) is 5.83 Å². The summed E-state index contributed by atoms with van der Waals surface area (Å²) >= 11 is 0. The molecule has 1 aromatic carbocycles. The molecule has 1 fully saturated rings. The van der Waals surface area contributed by atoms with Gasteiger partial charge in [-0.2, -0.15) is 0 Å². The maximum absolute atomic E-state index is 13.5. The van der Waals surface area contributed by atoms with E-state index in [4.69, 9.17) is 0 Å². The highest BCUT2D eigenvalue weighted by Gasteiger charge is 2.19. The molecule has 1 aliphatic rings. The van der Waals surface area contributed by atoms with Crippen molar-refractivity contribution in [1.82, 2.24) is 0 Å². The third kappa shape index (κ3) is 4.60. The first-order valence-electron chi connectivity index (χ1n) is 8.07. The van der Waals surface area contributed by atoms with Gasteiger partial charge >= 0.3 is 0 Å². The Hall–Kier alpha value is -1.77. The van der Waals surface area contributed by atoms with Gasteiger partial charge in [-0.25, -0.2) is 13.2 Å². The molecule has 0 aromatic heterocycles. The Bertz CT molecular complexity index is 611. The number of hydrogen-bond acceptors (Lipinski definition) is 0. The maximum atomic E-state index is 13.5. The van der Waals surface area contributed by atoms with Crippen LogP contribution in [0.5, 0.6) is 0 Å². The Balaban J connectivity index is 2.09. The molecule has 0 bridgehead atoms. The molecular formula is C20H23F3. The number of rotatable bonds is 4. The fourth-order valence-electron chi connectivity index (χ4n) is 3.03. The molecule has 1 aromatic rings. The van der Waals surface area contributed by atoms with E-state index in [9.17, 15) is 13.2 Å². The fourth-order valence-corrected chi connectivity index (χ4v) is 3.03. The van der Waals surface area contributed by atoms with Crippen LogP contribution in [0.4, 0.5) is 13.2 Å². The van der Waals surface area contributed by atoms with Crippen molar-refractivity contribution in [3.05, 3.63) is 65.5 Å². The van der Waals surface area contributed by atoms with Crippen LogP contribution in [0.3, 0.4) is 0 Å². The number of allylic oxidation sites excluding steroid dienone is 5. The van der Waals surface area contributed by atoms with Crippen molar-refractivity contribution in [1.29, 1.82) is 0 Å². The zero-order valence-corrected chi connectivity index (χ0v) is 13.7. The van der Waals surface area contributed by atoms with Gasteiger partial charge in [0.2, 0.25) is 0 Å². The van der Waals surface area contributed by atoms with Crippen molar-refractivity contribution >= 4 is 5.57 Å². The third-order valence-electron chi connectivity index (χ3n) is 4.58. The van der Waals surface area contributed by atoms with Gasteiger partial charge in [-0.05, 0) is 54.4 Å². The zero-order valence-electron chi connectivity index (χ0n) is 13.7. The van der Waals surface area contributed by atoms with Crippen LogP contribution in [0.2, 0.25) is 0 Å². The molecule has 0 N–H and O–H groups in total. The molecule has 2 rings (SSSR count). The molecular weight excluding hydrogens is 297 g/mol. The summed E-state index contributed by atoms with van der Waals surface area (Å²) in [5, 5.41) is 0. The van der Waals surface area contributed by atoms with Crippen LogP contribution in [0.15, 0.2) is 54.4 Å². The first-order chi connectivity index (χ1) is 10.9. The van der Waals surface area contributed by atoms with Gasteiger partial charge in [0.05, 0.1) is 0 Å². The summed E-state index contributed by atoms with van der Waals surface area (Å²) in [7, 11) is 0. The highest BCUT2D eigenvalue weighted by Crippen LogP contribution is 2.36. The molecule has 23 heavy (non-hydrogen) atoms. The Morgan fingerprint density at radius 3 is 2.13 bits per heavy atom. The molecule has 0 aliphatic heterocycles. The van der Waals surface area contributed by atoms with Gasteiger partial charge in [-0.3, -0.25) is 0 Å². The minimum Gasteiger partial charge on any atom is -0.209 e. The van der Waals surface area contributed by atoms with E-state index in [-0.39, 0.29) is 0 Å². The lowest BCUT2D eigenvalue weighted by Gasteiger charge is -2.26. The molecule has 0 nitrogen and oxygen atoms in total. The van der Waals surface area contributed by atoms with Crippen LogP contribution in [0.1, 0.15) is 56.6 Å². The van der Waals surface area contributed by atoms with Gasteiger partial charge in [0.15, 0.2) is 11.7 Å². The maximum Gasteiger partial charge on any atom is 0.189 e. The third-order valence-corrected chi connectivity index (χ3v) is 4.58. The summed E-state index contributed by atoms with van der Waals surface area (Å²) < 4.78 is 39.4. The van der Waals surface area contributed by atoms with E-state index in [0.29, 0.717) is 17.1 Å². The average Bonchev–Trinajstić information content (AvgIpc) is 2.54. The summed E-state index contributed by atoms with van der Waals surface area (Å²) in [6, 6.07) is 7.78. The van der Waals surface area contributed by atoms with E-state index in [1.54, 1.807) is 0 Å². The standard InChI is InChI=1S/C20H23F3/c1-13-4-6-17(7-5-13)18-10-8-16(9-11-18)14(2)12-19(22)20(23)15(3)21/h8-13,17H,2,4-7H2,1,3H3/b19-12+,20-15-. The molecule has 3 heteroatoms. The van der Waals surface area contributed by atoms with Gasteiger partial charge in [0.25, 0.3) is 0 Å². The largest absolute Gasteiger partial charge is 0.209 e. The Morgan fingerprint density at radius 2 is 1.61 bits per heavy atom. The van der Waals surface area contributed by atoms with Crippen LogP contribution in [0.25, 0.3) is 5.57 Å². The lowest BCUT2D eigenvalue weighted by atomic mass is 9.79. The number of benzene rings is 1. The van der Waals surface area contributed by atoms with Crippen molar-refractivity contribution < 1.29 is 13.2 Å². The van der Waals surface area contributed by atoms with Crippen LogP contribution in [-0.4, -0.2) is 0 Å². The minimum atomic E-state index is -1.47. The predicted molar refractivity (Wildman–Crippen MR) is 90.0 cm³/mol. The van der Waals surface area contributed by atoms with Gasteiger partial charge < -0.3 is 0 Å². The summed E-state index contributed by atoms with van der Waals surface area (Å²) in [6.07, 6.45) is 5.82. The molecule has 0 radical (unpaired) electrons. The lowest BCUT2D eigenvalue weighted by Crippen LogP contribution is -2.10. The molecule has 0 amide bonds. The number of halogens is 3. The van der Waals surface area contributed by atoms with E-state index in [1.165, 1.54) is 31.2 Å². The molecule has 0 saturated heterocycles.